The Morgan fingerprint density at radius 2 is 2.10 bits per heavy atom. The minimum atomic E-state index is 0. The van der Waals surface area contributed by atoms with Gasteiger partial charge in [0.25, 0.3) is 0 Å². The number of aromatic nitrogens is 1. The molecule has 7 heteroatoms. The van der Waals surface area contributed by atoms with Crippen LogP contribution in [0.3, 0.4) is 0 Å². The molecule has 1 aromatic heterocycles. The Hall–Kier alpha value is -0.410. The maximum atomic E-state index is 5.27. The van der Waals surface area contributed by atoms with Gasteiger partial charge in [0, 0.05) is 37.8 Å². The van der Waals surface area contributed by atoms with E-state index in [4.69, 9.17) is 4.74 Å². The van der Waals surface area contributed by atoms with Gasteiger partial charge in [0.1, 0.15) is 0 Å². The number of nitrogens with one attached hydrogen (secondary N) is 2. The number of thiazole rings is 1. The molecule has 0 atom stereocenters. The molecule has 0 aliphatic rings. The zero-order valence-corrected chi connectivity index (χ0v) is 16.3. The molecule has 0 saturated heterocycles. The lowest BCUT2D eigenvalue weighted by Crippen LogP contribution is -2.39. The first-order valence-electron chi connectivity index (χ1n) is 7.19. The van der Waals surface area contributed by atoms with Crippen molar-refractivity contribution in [2.45, 2.75) is 33.1 Å². The second-order valence-corrected chi connectivity index (χ2v) is 5.41. The van der Waals surface area contributed by atoms with E-state index in [9.17, 15) is 0 Å². The summed E-state index contributed by atoms with van der Waals surface area (Å²) in [5.41, 5.74) is 1.13. The molecule has 0 unspecified atom stereocenters. The summed E-state index contributed by atoms with van der Waals surface area (Å²) in [5, 5.41) is 9.87. The highest BCUT2D eigenvalue weighted by molar-refractivity contribution is 14.0. The molecular formula is C14H27IN4OS. The third kappa shape index (κ3) is 10.0. The minimum Gasteiger partial charge on any atom is -0.380 e. The van der Waals surface area contributed by atoms with Crippen molar-refractivity contribution in [3.05, 3.63) is 16.1 Å². The number of aliphatic imine (C=N–C) groups is 1. The van der Waals surface area contributed by atoms with Crippen molar-refractivity contribution in [2.24, 2.45) is 4.99 Å². The third-order valence-corrected chi connectivity index (χ3v) is 3.77. The van der Waals surface area contributed by atoms with Gasteiger partial charge in [-0.25, -0.2) is 4.98 Å². The molecule has 0 aromatic carbocycles. The van der Waals surface area contributed by atoms with E-state index in [1.165, 1.54) is 5.01 Å². The molecular weight excluding hydrogens is 399 g/mol. The smallest absolute Gasteiger partial charge is 0.191 e. The zero-order chi connectivity index (χ0) is 14.6. The molecule has 0 saturated carbocycles. The van der Waals surface area contributed by atoms with Crippen molar-refractivity contribution >= 4 is 41.3 Å². The molecule has 0 amide bonds. The van der Waals surface area contributed by atoms with Gasteiger partial charge < -0.3 is 15.4 Å². The third-order valence-electron chi connectivity index (χ3n) is 2.74. The van der Waals surface area contributed by atoms with Crippen LogP contribution in [0.15, 0.2) is 10.4 Å². The summed E-state index contributed by atoms with van der Waals surface area (Å²) in [4.78, 5) is 8.64. The van der Waals surface area contributed by atoms with E-state index in [1.54, 1.807) is 18.4 Å². The second-order valence-electron chi connectivity index (χ2n) is 4.46. The molecule has 0 radical (unpaired) electrons. The number of hydrogen-bond acceptors (Lipinski definition) is 4. The highest BCUT2D eigenvalue weighted by Crippen LogP contribution is 2.11. The van der Waals surface area contributed by atoms with Crippen LogP contribution in [-0.4, -0.2) is 44.3 Å². The van der Waals surface area contributed by atoms with Crippen LogP contribution < -0.4 is 10.6 Å². The average molecular weight is 426 g/mol. The standard InChI is InChI=1S/C14H26N4OS.HI/c1-4-19-10-9-17-14(15-3)16-8-6-5-7-13-18-12(2)11-20-13;/h11H,4-10H2,1-3H3,(H2,15,16,17);1H. The fraction of sp³-hybridized carbons (Fsp3) is 0.714. The molecule has 0 spiro atoms. The Kier molecular flexibility index (Phi) is 13.0. The molecule has 1 heterocycles. The minimum absolute atomic E-state index is 0. The van der Waals surface area contributed by atoms with Gasteiger partial charge in [-0.3, -0.25) is 4.99 Å². The molecule has 122 valence electrons. The Labute approximate surface area is 149 Å². The molecule has 0 aliphatic carbocycles. The number of hydrogen-bond donors (Lipinski definition) is 2. The van der Waals surface area contributed by atoms with Crippen LogP contribution in [0.25, 0.3) is 0 Å². The van der Waals surface area contributed by atoms with Gasteiger partial charge in [0.15, 0.2) is 5.96 Å². The van der Waals surface area contributed by atoms with E-state index in [1.807, 2.05) is 13.8 Å². The molecule has 5 nitrogen and oxygen atoms in total. The lowest BCUT2D eigenvalue weighted by molar-refractivity contribution is 0.152. The van der Waals surface area contributed by atoms with Gasteiger partial charge in [0.05, 0.1) is 11.6 Å². The van der Waals surface area contributed by atoms with Crippen LogP contribution in [-0.2, 0) is 11.2 Å². The number of unbranched alkanes of at least 4 members (excludes halogenated alkanes) is 1. The first kappa shape index (κ1) is 20.6. The Morgan fingerprint density at radius 3 is 2.71 bits per heavy atom. The van der Waals surface area contributed by atoms with Gasteiger partial charge in [-0.2, -0.15) is 0 Å². The molecule has 0 aliphatic heterocycles. The van der Waals surface area contributed by atoms with Crippen LogP contribution in [0.2, 0.25) is 0 Å². The molecule has 0 bridgehead atoms. The fourth-order valence-corrected chi connectivity index (χ4v) is 2.55. The molecule has 2 N–H and O–H groups in total. The molecule has 0 fully saturated rings. The summed E-state index contributed by atoms with van der Waals surface area (Å²) >= 11 is 1.75. The Morgan fingerprint density at radius 1 is 1.33 bits per heavy atom. The lowest BCUT2D eigenvalue weighted by atomic mass is 10.2. The van der Waals surface area contributed by atoms with E-state index in [0.717, 1.165) is 50.6 Å². The summed E-state index contributed by atoms with van der Waals surface area (Å²) in [6, 6.07) is 0. The lowest BCUT2D eigenvalue weighted by Gasteiger charge is -2.11. The van der Waals surface area contributed by atoms with Crippen molar-refractivity contribution in [2.75, 3.05) is 33.4 Å². The highest BCUT2D eigenvalue weighted by atomic mass is 127. The van der Waals surface area contributed by atoms with E-state index in [-0.39, 0.29) is 24.0 Å². The van der Waals surface area contributed by atoms with E-state index < -0.39 is 0 Å². The van der Waals surface area contributed by atoms with E-state index >= 15 is 0 Å². The number of rotatable bonds is 9. The summed E-state index contributed by atoms with van der Waals surface area (Å²) in [6.07, 6.45) is 3.33. The molecule has 1 rings (SSSR count). The normalized spacial score (nSPS) is 11.1. The van der Waals surface area contributed by atoms with E-state index in [2.05, 4.69) is 26.0 Å². The van der Waals surface area contributed by atoms with Gasteiger partial charge in [-0.1, -0.05) is 0 Å². The predicted molar refractivity (Wildman–Crippen MR) is 101 cm³/mol. The summed E-state index contributed by atoms with van der Waals surface area (Å²) in [7, 11) is 1.79. The number of guanidine groups is 1. The Bertz CT molecular complexity index is 398. The van der Waals surface area contributed by atoms with Crippen LogP contribution in [0.1, 0.15) is 30.5 Å². The SMILES string of the molecule is CCOCCNC(=NC)NCCCCc1nc(C)cs1.I. The van der Waals surface area contributed by atoms with Gasteiger partial charge in [-0.05, 0) is 33.1 Å². The van der Waals surface area contributed by atoms with Gasteiger partial charge in [-0.15, -0.1) is 35.3 Å². The number of halogens is 1. The number of ether oxygens (including phenoxy) is 1. The van der Waals surface area contributed by atoms with Crippen LogP contribution in [0.4, 0.5) is 0 Å². The molecule has 1 aromatic rings. The summed E-state index contributed by atoms with van der Waals surface area (Å²) in [6.45, 7) is 7.21. The summed E-state index contributed by atoms with van der Waals surface area (Å²) in [5.74, 6) is 0.842. The largest absolute Gasteiger partial charge is 0.380 e. The van der Waals surface area contributed by atoms with Crippen LogP contribution >= 0.6 is 35.3 Å². The van der Waals surface area contributed by atoms with Crippen molar-refractivity contribution in [3.63, 3.8) is 0 Å². The van der Waals surface area contributed by atoms with Crippen LogP contribution in [0, 0.1) is 6.92 Å². The Balaban J connectivity index is 0.00000400. The maximum Gasteiger partial charge on any atom is 0.191 e. The quantitative estimate of drug-likeness (QED) is 0.276. The van der Waals surface area contributed by atoms with Gasteiger partial charge >= 0.3 is 0 Å². The maximum absolute atomic E-state index is 5.27. The van der Waals surface area contributed by atoms with Crippen molar-refractivity contribution < 1.29 is 4.74 Å². The van der Waals surface area contributed by atoms with Crippen molar-refractivity contribution in [1.82, 2.24) is 15.6 Å². The first-order chi connectivity index (χ1) is 9.76. The monoisotopic (exact) mass is 426 g/mol. The van der Waals surface area contributed by atoms with Crippen molar-refractivity contribution in [1.29, 1.82) is 0 Å². The molecule has 21 heavy (non-hydrogen) atoms. The van der Waals surface area contributed by atoms with E-state index in [0.29, 0.717) is 6.61 Å². The number of aryl methyl sites for hydroxylation is 2. The van der Waals surface area contributed by atoms with Crippen LogP contribution in [0.5, 0.6) is 0 Å². The average Bonchev–Trinajstić information content (AvgIpc) is 2.86. The predicted octanol–water partition coefficient (Wildman–Crippen LogP) is 2.59. The summed E-state index contributed by atoms with van der Waals surface area (Å²) < 4.78 is 5.27. The van der Waals surface area contributed by atoms with Gasteiger partial charge in [0.2, 0.25) is 0 Å². The zero-order valence-electron chi connectivity index (χ0n) is 13.1. The number of nitrogens with zero attached hydrogens (tertiary/aromatic N) is 2. The second kappa shape index (κ2) is 13.3. The first-order valence-corrected chi connectivity index (χ1v) is 8.07. The van der Waals surface area contributed by atoms with Crippen molar-refractivity contribution in [3.8, 4) is 0 Å². The topological polar surface area (TPSA) is 58.5 Å². The fourth-order valence-electron chi connectivity index (χ4n) is 1.73. The highest BCUT2D eigenvalue weighted by Gasteiger charge is 1.99.